The lowest BCUT2D eigenvalue weighted by molar-refractivity contribution is -0.137. The number of carbonyl (C=O) groups is 1. The van der Waals surface area contributed by atoms with Crippen LogP contribution >= 0.6 is 22.9 Å². The quantitative estimate of drug-likeness (QED) is 0.234. The van der Waals surface area contributed by atoms with Crippen LogP contribution in [-0.2, 0) is 18.4 Å². The van der Waals surface area contributed by atoms with E-state index in [0.717, 1.165) is 52.0 Å². The fourth-order valence-electron chi connectivity index (χ4n) is 5.70. The third-order valence-corrected chi connectivity index (χ3v) is 9.27. The number of rotatable bonds is 7. The van der Waals surface area contributed by atoms with Crippen LogP contribution < -0.4 is 4.74 Å². The number of carboxylic acids is 1. The lowest BCUT2D eigenvalue weighted by atomic mass is 9.86. The number of nitrogens with zero attached hydrogens (tertiary/aromatic N) is 5. The molecule has 40 heavy (non-hydrogen) atoms. The molecule has 0 amide bonds. The summed E-state index contributed by atoms with van der Waals surface area (Å²) < 4.78 is 9.19. The Morgan fingerprint density at radius 2 is 2.12 bits per heavy atom. The molecule has 206 valence electrons. The van der Waals surface area contributed by atoms with E-state index in [9.17, 15) is 9.90 Å². The minimum absolute atomic E-state index is 0.0483. The molecule has 8 nitrogen and oxygen atoms in total. The van der Waals surface area contributed by atoms with Gasteiger partial charge in [-0.15, -0.1) is 16.4 Å². The van der Waals surface area contributed by atoms with E-state index in [1.807, 2.05) is 37.5 Å². The van der Waals surface area contributed by atoms with Crippen molar-refractivity contribution in [3.63, 3.8) is 0 Å². The lowest BCUT2D eigenvalue weighted by Gasteiger charge is -2.29. The molecular formula is C30H30ClN5O3S. The summed E-state index contributed by atoms with van der Waals surface area (Å²) in [6, 6.07) is 14.1. The number of fused-ring (bicyclic) bond motifs is 3. The second-order valence-corrected chi connectivity index (χ2v) is 11.7. The maximum absolute atomic E-state index is 12.1. The number of benzene rings is 2. The number of carboxylic acid groups (broad SMARTS) is 1. The number of aliphatic carboxylic acids is 1. The molecule has 0 unspecified atom stereocenters. The van der Waals surface area contributed by atoms with Crippen molar-refractivity contribution in [2.45, 2.75) is 51.3 Å². The summed E-state index contributed by atoms with van der Waals surface area (Å²) in [5.41, 5.74) is 5.11. The Morgan fingerprint density at radius 3 is 2.92 bits per heavy atom. The molecule has 4 heterocycles. The van der Waals surface area contributed by atoms with E-state index in [2.05, 4.69) is 57.6 Å². The number of halogens is 1. The largest absolute Gasteiger partial charge is 0.487 e. The summed E-state index contributed by atoms with van der Waals surface area (Å²) in [4.78, 5) is 19.2. The van der Waals surface area contributed by atoms with Crippen molar-refractivity contribution >= 4 is 50.0 Å². The van der Waals surface area contributed by atoms with Crippen LogP contribution in [0, 0.1) is 0 Å². The topological polar surface area (TPSA) is 93.4 Å². The van der Waals surface area contributed by atoms with Gasteiger partial charge in [-0.05, 0) is 71.1 Å². The van der Waals surface area contributed by atoms with Crippen molar-refractivity contribution in [1.82, 2.24) is 24.9 Å². The molecule has 2 aromatic carbocycles. The van der Waals surface area contributed by atoms with Crippen LogP contribution in [0.25, 0.3) is 21.1 Å². The Morgan fingerprint density at radius 1 is 1.27 bits per heavy atom. The number of hydrogen-bond donors (Lipinski definition) is 1. The summed E-state index contributed by atoms with van der Waals surface area (Å²) in [6.07, 6.45) is 2.65. The van der Waals surface area contributed by atoms with E-state index in [-0.39, 0.29) is 18.6 Å². The van der Waals surface area contributed by atoms with Crippen LogP contribution in [0.15, 0.2) is 54.0 Å². The van der Waals surface area contributed by atoms with Gasteiger partial charge in [0.05, 0.1) is 28.7 Å². The first kappa shape index (κ1) is 26.7. The van der Waals surface area contributed by atoms with Gasteiger partial charge in [-0.3, -0.25) is 14.7 Å². The fraction of sp³-hybridized carbons (Fsp3) is 0.333. The van der Waals surface area contributed by atoms with Crippen molar-refractivity contribution in [2.24, 2.45) is 7.05 Å². The highest BCUT2D eigenvalue weighted by molar-refractivity contribution is 7.17. The minimum atomic E-state index is -0.890. The predicted molar refractivity (Wildman–Crippen MR) is 157 cm³/mol. The number of aromatic nitrogens is 4. The normalized spacial score (nSPS) is 18.4. The summed E-state index contributed by atoms with van der Waals surface area (Å²) in [7, 11) is 1.81. The highest BCUT2D eigenvalue weighted by Crippen LogP contribution is 2.40. The molecule has 1 aliphatic heterocycles. The molecule has 3 atom stereocenters. The Bertz CT molecular complexity index is 1720. The molecule has 1 N–H and O–H groups in total. The first-order chi connectivity index (χ1) is 19.3. The first-order valence-electron chi connectivity index (χ1n) is 13.4. The zero-order valence-corrected chi connectivity index (χ0v) is 24.1. The van der Waals surface area contributed by atoms with Crippen LogP contribution in [0.2, 0.25) is 5.02 Å². The Kier molecular flexibility index (Phi) is 7.20. The van der Waals surface area contributed by atoms with Gasteiger partial charge in [-0.1, -0.05) is 35.9 Å². The van der Waals surface area contributed by atoms with E-state index in [1.54, 1.807) is 16.0 Å². The smallest absolute Gasteiger partial charge is 0.304 e. The van der Waals surface area contributed by atoms with Gasteiger partial charge in [-0.2, -0.15) is 0 Å². The van der Waals surface area contributed by atoms with Crippen molar-refractivity contribution in [3.05, 3.63) is 81.4 Å². The van der Waals surface area contributed by atoms with Gasteiger partial charge < -0.3 is 9.84 Å². The van der Waals surface area contributed by atoms with Gasteiger partial charge in [0.1, 0.15) is 17.4 Å². The highest BCUT2D eigenvalue weighted by Gasteiger charge is 2.30. The second kappa shape index (κ2) is 10.8. The Hall–Kier alpha value is -3.53. The van der Waals surface area contributed by atoms with E-state index in [1.165, 1.54) is 4.70 Å². The molecule has 0 saturated carbocycles. The Balaban J connectivity index is 1.44. The van der Waals surface area contributed by atoms with Gasteiger partial charge >= 0.3 is 5.97 Å². The third-order valence-electron chi connectivity index (χ3n) is 7.86. The number of pyridine rings is 1. The SMILES string of the molecule is CC[C@@H]1CN(Cc2cc([C@H](CC(=O)O)c3ccc4c(nnn4C)c3Cl)cc3ccsc23)[C@@H](C)c2ncccc2O1. The van der Waals surface area contributed by atoms with Crippen LogP contribution in [-0.4, -0.2) is 48.6 Å². The summed E-state index contributed by atoms with van der Waals surface area (Å²) in [5, 5.41) is 21.9. The van der Waals surface area contributed by atoms with E-state index < -0.39 is 11.9 Å². The molecule has 0 fully saturated rings. The van der Waals surface area contributed by atoms with Crippen molar-refractivity contribution in [3.8, 4) is 5.75 Å². The molecule has 5 aromatic rings. The third kappa shape index (κ3) is 4.82. The Labute approximate surface area is 241 Å². The van der Waals surface area contributed by atoms with E-state index in [4.69, 9.17) is 16.3 Å². The lowest BCUT2D eigenvalue weighted by Crippen LogP contribution is -2.34. The molecule has 0 spiro atoms. The maximum Gasteiger partial charge on any atom is 0.304 e. The standard InChI is InChI=1S/C30H30ClN5O3S/c1-4-21-16-36(17(2)28-25(39-21)6-5-10-32-28)15-20-13-19(12-18-9-11-40-30(18)20)23(14-26(37)38)22-7-8-24-29(27(22)31)33-34-35(24)3/h5-13,17,21,23H,4,14-16H2,1-3H3,(H,37,38)/t17-,21+,23-/m0/s1. The average Bonchev–Trinajstić information content (AvgIpc) is 3.55. The molecule has 0 bridgehead atoms. The summed E-state index contributed by atoms with van der Waals surface area (Å²) in [6.45, 7) is 5.75. The second-order valence-electron chi connectivity index (χ2n) is 10.4. The average molecular weight is 576 g/mol. The first-order valence-corrected chi connectivity index (χ1v) is 14.6. The number of ether oxygens (including phenoxy) is 1. The molecule has 3 aromatic heterocycles. The maximum atomic E-state index is 12.1. The molecule has 0 aliphatic carbocycles. The highest BCUT2D eigenvalue weighted by atomic mass is 35.5. The van der Waals surface area contributed by atoms with Crippen LogP contribution in [0.3, 0.4) is 0 Å². The molecule has 1 aliphatic rings. The van der Waals surface area contributed by atoms with Crippen molar-refractivity contribution < 1.29 is 14.6 Å². The summed E-state index contributed by atoms with van der Waals surface area (Å²) >= 11 is 8.56. The van der Waals surface area contributed by atoms with Gasteiger partial charge in [0.2, 0.25) is 0 Å². The molecule has 0 saturated heterocycles. The van der Waals surface area contributed by atoms with E-state index >= 15 is 0 Å². The zero-order valence-electron chi connectivity index (χ0n) is 22.5. The van der Waals surface area contributed by atoms with Gasteiger partial charge in [0.25, 0.3) is 0 Å². The molecule has 0 radical (unpaired) electrons. The van der Waals surface area contributed by atoms with Crippen LogP contribution in [0.5, 0.6) is 5.75 Å². The molecular weight excluding hydrogens is 546 g/mol. The van der Waals surface area contributed by atoms with Crippen LogP contribution in [0.1, 0.15) is 61.0 Å². The number of aryl methyl sites for hydroxylation is 1. The van der Waals surface area contributed by atoms with Gasteiger partial charge in [0, 0.05) is 37.0 Å². The minimum Gasteiger partial charge on any atom is -0.487 e. The van der Waals surface area contributed by atoms with E-state index in [0.29, 0.717) is 17.1 Å². The van der Waals surface area contributed by atoms with Crippen molar-refractivity contribution in [2.75, 3.05) is 6.54 Å². The summed E-state index contributed by atoms with van der Waals surface area (Å²) in [5.74, 6) is -0.496. The van der Waals surface area contributed by atoms with Crippen molar-refractivity contribution in [1.29, 1.82) is 0 Å². The zero-order chi connectivity index (χ0) is 28.0. The number of thiophene rings is 1. The molecule has 6 rings (SSSR count). The fourth-order valence-corrected chi connectivity index (χ4v) is 6.91. The predicted octanol–water partition coefficient (Wildman–Crippen LogP) is 6.57. The molecule has 10 heteroatoms. The number of hydrogen-bond acceptors (Lipinski definition) is 7. The van der Waals surface area contributed by atoms with Gasteiger partial charge in [-0.25, -0.2) is 4.68 Å². The monoisotopic (exact) mass is 575 g/mol. The van der Waals surface area contributed by atoms with Gasteiger partial charge in [0.15, 0.2) is 0 Å². The van der Waals surface area contributed by atoms with Crippen LogP contribution in [0.4, 0.5) is 0 Å².